The van der Waals surface area contributed by atoms with Gasteiger partial charge in [-0.05, 0) is 50.6 Å². The van der Waals surface area contributed by atoms with Crippen LogP contribution in [0.5, 0.6) is 0 Å². The van der Waals surface area contributed by atoms with Gasteiger partial charge in [0.05, 0.1) is 10.6 Å². The predicted molar refractivity (Wildman–Crippen MR) is 94.3 cm³/mol. The first kappa shape index (κ1) is 16.2. The number of hydrogen-bond donors (Lipinski definition) is 3. The van der Waals surface area contributed by atoms with Gasteiger partial charge in [0.15, 0.2) is 5.69 Å². The maximum Gasteiger partial charge on any atom is 0.272 e. The number of rotatable bonds is 4. The minimum atomic E-state index is -0.315. The molecule has 0 spiro atoms. The van der Waals surface area contributed by atoms with E-state index >= 15 is 0 Å². The van der Waals surface area contributed by atoms with E-state index in [1.807, 2.05) is 39.0 Å². The van der Waals surface area contributed by atoms with Gasteiger partial charge in [-0.1, -0.05) is 0 Å². The topological polar surface area (TPSA) is 90.6 Å². The van der Waals surface area contributed by atoms with E-state index in [0.29, 0.717) is 11.3 Å². The third-order valence-electron chi connectivity index (χ3n) is 3.74. The van der Waals surface area contributed by atoms with Crippen molar-refractivity contribution in [2.45, 2.75) is 27.3 Å². The van der Waals surface area contributed by atoms with E-state index in [1.54, 1.807) is 17.4 Å². The molecule has 24 heavy (non-hydrogen) atoms. The van der Waals surface area contributed by atoms with Gasteiger partial charge in [-0.2, -0.15) is 5.10 Å². The molecule has 0 aliphatic heterocycles. The highest BCUT2D eigenvalue weighted by molar-refractivity contribution is 7.15. The molecule has 3 N–H and O–H groups in total. The molecule has 1 amide bonds. The highest BCUT2D eigenvalue weighted by Crippen LogP contribution is 2.26. The van der Waals surface area contributed by atoms with Gasteiger partial charge in [0, 0.05) is 22.7 Å². The van der Waals surface area contributed by atoms with Crippen LogP contribution in [-0.4, -0.2) is 21.1 Å². The average Bonchev–Trinajstić information content (AvgIpc) is 3.14. The SMILES string of the molecule is Cc1cc(C)c(CNC(=O)c2cc(-c3ccc(C)s3)[nH]n2)c(=O)[nH]1. The lowest BCUT2D eigenvalue weighted by atomic mass is 10.1. The first-order valence-electron chi connectivity index (χ1n) is 7.54. The van der Waals surface area contributed by atoms with Crippen molar-refractivity contribution < 1.29 is 4.79 Å². The number of hydrogen-bond acceptors (Lipinski definition) is 4. The van der Waals surface area contributed by atoms with Crippen LogP contribution in [0.3, 0.4) is 0 Å². The standard InChI is InChI=1S/C17H18N4O2S/c1-9-6-10(2)19-16(22)12(9)8-18-17(23)14-7-13(20-21-14)15-5-4-11(3)24-15/h4-7H,8H2,1-3H3,(H,18,23)(H,19,22)(H,20,21). The Morgan fingerprint density at radius 2 is 2.04 bits per heavy atom. The van der Waals surface area contributed by atoms with Crippen molar-refractivity contribution in [3.63, 3.8) is 0 Å². The van der Waals surface area contributed by atoms with Gasteiger partial charge >= 0.3 is 0 Å². The molecular weight excluding hydrogens is 324 g/mol. The van der Waals surface area contributed by atoms with Gasteiger partial charge in [-0.3, -0.25) is 14.7 Å². The zero-order valence-corrected chi connectivity index (χ0v) is 14.5. The Morgan fingerprint density at radius 1 is 1.25 bits per heavy atom. The molecule has 0 aromatic carbocycles. The predicted octanol–water partition coefficient (Wildman–Crippen LogP) is 2.68. The lowest BCUT2D eigenvalue weighted by Crippen LogP contribution is -2.28. The van der Waals surface area contributed by atoms with Gasteiger partial charge < -0.3 is 10.3 Å². The van der Waals surface area contributed by atoms with Crippen molar-refractivity contribution in [3.8, 4) is 10.6 Å². The van der Waals surface area contributed by atoms with E-state index in [1.165, 1.54) is 4.88 Å². The minimum Gasteiger partial charge on any atom is -0.346 e. The Labute approximate surface area is 143 Å². The van der Waals surface area contributed by atoms with Gasteiger partial charge in [-0.25, -0.2) is 0 Å². The second-order valence-electron chi connectivity index (χ2n) is 5.70. The minimum absolute atomic E-state index is 0.167. The van der Waals surface area contributed by atoms with Crippen LogP contribution in [0.1, 0.15) is 32.2 Å². The summed E-state index contributed by atoms with van der Waals surface area (Å²) in [5.74, 6) is -0.315. The van der Waals surface area contributed by atoms with Crippen LogP contribution >= 0.6 is 11.3 Å². The van der Waals surface area contributed by atoms with Crippen LogP contribution in [0.4, 0.5) is 0 Å². The summed E-state index contributed by atoms with van der Waals surface area (Å²) in [5.41, 5.74) is 3.15. The molecular formula is C17H18N4O2S. The van der Waals surface area contributed by atoms with Crippen molar-refractivity contribution >= 4 is 17.2 Å². The number of amides is 1. The highest BCUT2D eigenvalue weighted by atomic mass is 32.1. The summed E-state index contributed by atoms with van der Waals surface area (Å²) in [7, 11) is 0. The molecule has 0 saturated heterocycles. The van der Waals surface area contributed by atoms with Crippen molar-refractivity contribution in [1.82, 2.24) is 20.5 Å². The number of aromatic amines is 2. The molecule has 0 saturated carbocycles. The maximum absolute atomic E-state index is 12.3. The molecule has 0 atom stereocenters. The average molecular weight is 342 g/mol. The molecule has 0 unspecified atom stereocenters. The number of aromatic nitrogens is 3. The van der Waals surface area contributed by atoms with Crippen molar-refractivity contribution in [2.75, 3.05) is 0 Å². The number of thiophene rings is 1. The lowest BCUT2D eigenvalue weighted by Gasteiger charge is -2.06. The normalized spacial score (nSPS) is 10.8. The number of H-pyrrole nitrogens is 2. The second-order valence-corrected chi connectivity index (χ2v) is 6.99. The molecule has 7 heteroatoms. The van der Waals surface area contributed by atoms with E-state index in [4.69, 9.17) is 0 Å². The summed E-state index contributed by atoms with van der Waals surface area (Å²) in [4.78, 5) is 29.2. The molecule has 3 heterocycles. The number of carbonyl (C=O) groups excluding carboxylic acids is 1. The first-order valence-corrected chi connectivity index (χ1v) is 8.35. The molecule has 0 aliphatic carbocycles. The fourth-order valence-electron chi connectivity index (χ4n) is 2.50. The number of nitrogens with one attached hydrogen (secondary N) is 3. The molecule has 3 aromatic heterocycles. The smallest absolute Gasteiger partial charge is 0.272 e. The molecule has 124 valence electrons. The van der Waals surface area contributed by atoms with Crippen LogP contribution < -0.4 is 10.9 Å². The summed E-state index contributed by atoms with van der Waals surface area (Å²) in [6.45, 7) is 5.88. The largest absolute Gasteiger partial charge is 0.346 e. The van der Waals surface area contributed by atoms with Gasteiger partial charge in [0.25, 0.3) is 11.5 Å². The Bertz CT molecular complexity index is 952. The Kier molecular flexibility index (Phi) is 4.35. The summed E-state index contributed by atoms with van der Waals surface area (Å²) >= 11 is 1.63. The first-order chi connectivity index (χ1) is 11.4. The summed E-state index contributed by atoms with van der Waals surface area (Å²) in [6.07, 6.45) is 0. The Morgan fingerprint density at radius 3 is 2.71 bits per heavy atom. The van der Waals surface area contributed by atoms with Gasteiger partial charge in [0.1, 0.15) is 0 Å². The Hall–Kier alpha value is -2.67. The van der Waals surface area contributed by atoms with E-state index in [0.717, 1.165) is 21.8 Å². The number of pyridine rings is 1. The molecule has 0 fully saturated rings. The summed E-state index contributed by atoms with van der Waals surface area (Å²) in [6, 6.07) is 7.61. The van der Waals surface area contributed by atoms with Crippen LogP contribution in [0.15, 0.2) is 29.1 Å². The van der Waals surface area contributed by atoms with E-state index in [9.17, 15) is 9.59 Å². The van der Waals surface area contributed by atoms with Crippen LogP contribution in [0, 0.1) is 20.8 Å². The summed E-state index contributed by atoms with van der Waals surface area (Å²) in [5, 5.41) is 9.68. The molecule has 0 bridgehead atoms. The number of nitrogens with zero attached hydrogens (tertiary/aromatic N) is 1. The van der Waals surface area contributed by atoms with Crippen LogP contribution in [0.2, 0.25) is 0 Å². The quantitative estimate of drug-likeness (QED) is 0.681. The molecule has 3 rings (SSSR count). The van der Waals surface area contributed by atoms with E-state index in [2.05, 4.69) is 20.5 Å². The van der Waals surface area contributed by atoms with Gasteiger partial charge in [0.2, 0.25) is 0 Å². The fourth-order valence-corrected chi connectivity index (χ4v) is 3.34. The van der Waals surface area contributed by atoms with E-state index in [-0.39, 0.29) is 18.0 Å². The molecule has 6 nitrogen and oxygen atoms in total. The fraction of sp³-hybridized carbons (Fsp3) is 0.235. The van der Waals surface area contributed by atoms with Crippen molar-refractivity contribution in [1.29, 1.82) is 0 Å². The van der Waals surface area contributed by atoms with Crippen molar-refractivity contribution in [2.24, 2.45) is 0 Å². The molecule has 0 radical (unpaired) electrons. The van der Waals surface area contributed by atoms with Crippen LogP contribution in [-0.2, 0) is 6.54 Å². The lowest BCUT2D eigenvalue weighted by molar-refractivity contribution is 0.0945. The van der Waals surface area contributed by atoms with Crippen molar-refractivity contribution in [3.05, 3.63) is 62.0 Å². The zero-order valence-electron chi connectivity index (χ0n) is 13.7. The number of carbonyl (C=O) groups is 1. The maximum atomic E-state index is 12.3. The monoisotopic (exact) mass is 342 g/mol. The molecule has 3 aromatic rings. The van der Waals surface area contributed by atoms with Gasteiger partial charge in [-0.15, -0.1) is 11.3 Å². The van der Waals surface area contributed by atoms with E-state index < -0.39 is 0 Å². The van der Waals surface area contributed by atoms with Crippen LogP contribution in [0.25, 0.3) is 10.6 Å². The zero-order chi connectivity index (χ0) is 17.3. The highest BCUT2D eigenvalue weighted by Gasteiger charge is 2.13. The third-order valence-corrected chi connectivity index (χ3v) is 4.77. The Balaban J connectivity index is 1.72. The summed E-state index contributed by atoms with van der Waals surface area (Å²) < 4.78 is 0. The number of aryl methyl sites for hydroxylation is 3. The second kappa shape index (κ2) is 6.45. The third kappa shape index (κ3) is 3.30. The molecule has 0 aliphatic rings.